The van der Waals surface area contributed by atoms with Crippen LogP contribution < -0.4 is 10.1 Å². The van der Waals surface area contributed by atoms with Gasteiger partial charge in [-0.15, -0.1) is 11.8 Å². The highest BCUT2D eigenvalue weighted by Crippen LogP contribution is 2.34. The van der Waals surface area contributed by atoms with Crippen LogP contribution in [0.3, 0.4) is 0 Å². The number of nitrogens with one attached hydrogen (secondary N) is 1. The minimum atomic E-state index is -0.956. The Morgan fingerprint density at radius 1 is 1.09 bits per heavy atom. The van der Waals surface area contributed by atoms with Crippen LogP contribution in [-0.2, 0) is 4.74 Å². The highest BCUT2D eigenvalue weighted by atomic mass is 127. The third kappa shape index (κ3) is 6.78. The molecule has 8 heteroatoms. The summed E-state index contributed by atoms with van der Waals surface area (Å²) in [4.78, 5) is 13.8. The smallest absolute Gasteiger partial charge is 0.412 e. The van der Waals surface area contributed by atoms with Gasteiger partial charge in [-0.1, -0.05) is 18.2 Å². The van der Waals surface area contributed by atoms with Gasteiger partial charge in [0.2, 0.25) is 0 Å². The van der Waals surface area contributed by atoms with Crippen LogP contribution in [0.25, 0.3) is 0 Å². The number of halogens is 1. The van der Waals surface area contributed by atoms with E-state index >= 15 is 0 Å². The summed E-state index contributed by atoms with van der Waals surface area (Å²) in [6, 6.07) is 21.5. The van der Waals surface area contributed by atoms with Crippen molar-refractivity contribution in [2.24, 2.45) is 0 Å². The van der Waals surface area contributed by atoms with E-state index in [1.54, 1.807) is 54.2 Å². The maximum atomic E-state index is 12.8. The van der Waals surface area contributed by atoms with Crippen molar-refractivity contribution >= 4 is 46.1 Å². The molecule has 2 atom stereocenters. The molecule has 0 bridgehead atoms. The molecule has 168 valence electrons. The number of aliphatic hydroxyl groups is 1. The van der Waals surface area contributed by atoms with Gasteiger partial charge in [-0.3, -0.25) is 5.32 Å². The first-order valence-corrected chi connectivity index (χ1v) is 12.2. The molecule has 0 saturated carbocycles. The zero-order valence-electron chi connectivity index (χ0n) is 17.4. The molecule has 0 radical (unpaired) electrons. The number of hydrogen-bond acceptors (Lipinski definition) is 6. The van der Waals surface area contributed by atoms with Gasteiger partial charge in [0.05, 0.1) is 0 Å². The predicted octanol–water partition coefficient (Wildman–Crippen LogP) is 5.84. The number of amides is 1. The highest BCUT2D eigenvalue weighted by molar-refractivity contribution is 14.1. The van der Waals surface area contributed by atoms with Gasteiger partial charge in [-0.25, -0.2) is 4.79 Å². The zero-order valence-corrected chi connectivity index (χ0v) is 20.4. The lowest BCUT2D eigenvalue weighted by Gasteiger charge is -2.28. The number of anilines is 1. The Balaban J connectivity index is 1.87. The largest absolute Gasteiger partial charge is 0.508 e. The van der Waals surface area contributed by atoms with Gasteiger partial charge in [-0.2, -0.15) is 0 Å². The van der Waals surface area contributed by atoms with Crippen LogP contribution in [0.1, 0.15) is 18.1 Å². The maximum Gasteiger partial charge on any atom is 0.412 e. The summed E-state index contributed by atoms with van der Waals surface area (Å²) in [7, 11) is 0. The van der Waals surface area contributed by atoms with Crippen LogP contribution in [0, 0.1) is 3.57 Å². The number of phenols is 1. The lowest BCUT2D eigenvalue weighted by atomic mass is 10.0. The van der Waals surface area contributed by atoms with Crippen molar-refractivity contribution in [3.8, 4) is 11.5 Å². The first kappa shape index (κ1) is 24.2. The maximum absolute atomic E-state index is 12.8. The molecule has 0 saturated heterocycles. The Hall–Kier alpha value is -2.43. The number of ether oxygens (including phenoxy) is 2. The number of carbonyl (C=O) groups is 1. The van der Waals surface area contributed by atoms with Gasteiger partial charge >= 0.3 is 6.09 Å². The standard InChI is InChI=1S/C24H24INO5S/c1-32-19-10-8-17(9-11-19)26-24(29)31-23(20-15-16(25)7-12-21(20)28)22(13-14-27)30-18-5-3-2-4-6-18/h2-12,15,22-23,27-28H,13-14H2,1H3,(H,26,29)/t22-,23-/m0/s1. The molecule has 0 heterocycles. The molecule has 0 fully saturated rings. The SMILES string of the molecule is CSc1ccc(NC(=O)O[C@@H](c2cc(I)ccc2O)[C@H](CCO)Oc2ccccc2)cc1. The summed E-state index contributed by atoms with van der Waals surface area (Å²) in [5.74, 6) is 0.546. The van der Waals surface area contributed by atoms with E-state index in [1.807, 2.05) is 36.6 Å². The van der Waals surface area contributed by atoms with Crippen molar-refractivity contribution in [1.29, 1.82) is 0 Å². The van der Waals surface area contributed by atoms with Gasteiger partial charge in [0.15, 0.2) is 6.10 Å². The van der Waals surface area contributed by atoms with Crippen LogP contribution in [-0.4, -0.2) is 35.3 Å². The number of rotatable bonds is 9. The van der Waals surface area contributed by atoms with Gasteiger partial charge < -0.3 is 19.7 Å². The molecule has 0 aliphatic rings. The minimum Gasteiger partial charge on any atom is -0.508 e. The minimum absolute atomic E-state index is 0.0212. The molecule has 0 unspecified atom stereocenters. The van der Waals surface area contributed by atoms with Gasteiger partial charge in [0.1, 0.15) is 17.6 Å². The van der Waals surface area contributed by atoms with Crippen molar-refractivity contribution in [2.45, 2.75) is 23.5 Å². The number of thioether (sulfide) groups is 1. The lowest BCUT2D eigenvalue weighted by Crippen LogP contribution is -2.32. The Labute approximate surface area is 205 Å². The Morgan fingerprint density at radius 2 is 1.81 bits per heavy atom. The van der Waals surface area contributed by atoms with Gasteiger partial charge in [0.25, 0.3) is 0 Å². The molecular formula is C24H24INO5S. The molecule has 32 heavy (non-hydrogen) atoms. The molecule has 3 N–H and O–H groups in total. The van der Waals surface area contributed by atoms with E-state index in [4.69, 9.17) is 9.47 Å². The number of carbonyl (C=O) groups excluding carboxylic acids is 1. The van der Waals surface area contributed by atoms with Crippen molar-refractivity contribution < 1.29 is 24.5 Å². The number of hydrogen-bond donors (Lipinski definition) is 3. The molecule has 0 spiro atoms. The number of para-hydroxylation sites is 1. The van der Waals surface area contributed by atoms with Crippen molar-refractivity contribution in [3.63, 3.8) is 0 Å². The van der Waals surface area contributed by atoms with E-state index in [2.05, 4.69) is 27.9 Å². The Bertz CT molecular complexity index is 1020. The second-order valence-corrected chi connectivity index (χ2v) is 8.99. The van der Waals surface area contributed by atoms with Crippen molar-refractivity contribution in [1.82, 2.24) is 0 Å². The van der Waals surface area contributed by atoms with Gasteiger partial charge in [-0.05, 0) is 83.4 Å². The fourth-order valence-corrected chi connectivity index (χ4v) is 4.03. The molecule has 0 aliphatic carbocycles. The second kappa shape index (κ2) is 12.0. The summed E-state index contributed by atoms with van der Waals surface area (Å²) in [5, 5.41) is 22.9. The average molecular weight is 565 g/mol. The molecule has 3 aromatic rings. The van der Waals surface area contributed by atoms with E-state index in [0.29, 0.717) is 17.0 Å². The predicted molar refractivity (Wildman–Crippen MR) is 134 cm³/mol. The third-order valence-corrected chi connectivity index (χ3v) is 6.06. The first-order valence-electron chi connectivity index (χ1n) is 9.93. The van der Waals surface area contributed by atoms with E-state index in [0.717, 1.165) is 8.47 Å². The van der Waals surface area contributed by atoms with Crippen molar-refractivity contribution in [3.05, 3.63) is 81.9 Å². The Morgan fingerprint density at radius 3 is 2.47 bits per heavy atom. The van der Waals surface area contributed by atoms with E-state index < -0.39 is 18.3 Å². The van der Waals surface area contributed by atoms with Gasteiger partial charge in [0, 0.05) is 32.7 Å². The number of aliphatic hydroxyl groups excluding tert-OH is 1. The van der Waals surface area contributed by atoms with Crippen LogP contribution in [0.15, 0.2) is 77.7 Å². The quantitative estimate of drug-likeness (QED) is 0.223. The molecular weight excluding hydrogens is 541 g/mol. The zero-order chi connectivity index (χ0) is 22.9. The lowest BCUT2D eigenvalue weighted by molar-refractivity contribution is 0.00796. The second-order valence-electron chi connectivity index (χ2n) is 6.86. The van der Waals surface area contributed by atoms with Crippen molar-refractivity contribution in [2.75, 3.05) is 18.2 Å². The Kier molecular flexibility index (Phi) is 9.07. The normalized spacial score (nSPS) is 12.6. The fourth-order valence-electron chi connectivity index (χ4n) is 3.10. The summed E-state index contributed by atoms with van der Waals surface area (Å²) in [6.45, 7) is -0.181. The van der Waals surface area contributed by atoms with E-state index in [-0.39, 0.29) is 18.8 Å². The number of benzene rings is 3. The topological polar surface area (TPSA) is 88.0 Å². The molecule has 0 aliphatic heterocycles. The molecule has 1 amide bonds. The molecule has 6 nitrogen and oxygen atoms in total. The van der Waals surface area contributed by atoms with Crippen LogP contribution in [0.2, 0.25) is 0 Å². The fraction of sp³-hybridized carbons (Fsp3) is 0.208. The van der Waals surface area contributed by atoms with Crippen LogP contribution in [0.4, 0.5) is 10.5 Å². The number of phenolic OH excluding ortho intramolecular Hbond substituents is 1. The van der Waals surface area contributed by atoms with E-state index in [9.17, 15) is 15.0 Å². The summed E-state index contributed by atoms with van der Waals surface area (Å²) < 4.78 is 12.7. The molecule has 0 aromatic heterocycles. The number of aromatic hydroxyl groups is 1. The highest BCUT2D eigenvalue weighted by Gasteiger charge is 2.31. The van der Waals surface area contributed by atoms with E-state index in [1.165, 1.54) is 0 Å². The van der Waals surface area contributed by atoms with Crippen LogP contribution in [0.5, 0.6) is 11.5 Å². The average Bonchev–Trinajstić information content (AvgIpc) is 2.80. The summed E-state index contributed by atoms with van der Waals surface area (Å²) in [5.41, 5.74) is 0.986. The summed E-state index contributed by atoms with van der Waals surface area (Å²) >= 11 is 3.73. The molecule has 3 aromatic carbocycles. The van der Waals surface area contributed by atoms with Crippen LogP contribution >= 0.6 is 34.4 Å². The third-order valence-electron chi connectivity index (χ3n) is 4.65. The first-order chi connectivity index (χ1) is 15.5. The monoisotopic (exact) mass is 565 g/mol. The summed E-state index contributed by atoms with van der Waals surface area (Å²) in [6.07, 6.45) is -0.202. The molecule has 3 rings (SSSR count).